The monoisotopic (exact) mass is 330 g/mol. The Morgan fingerprint density at radius 2 is 2.00 bits per heavy atom. The second-order valence-corrected chi connectivity index (χ2v) is 5.23. The summed E-state index contributed by atoms with van der Waals surface area (Å²) in [5.41, 5.74) is 0.0652. The van der Waals surface area contributed by atoms with Crippen LogP contribution in [0.4, 0.5) is 18.3 Å². The Morgan fingerprint density at radius 1 is 1.27 bits per heavy atom. The van der Waals surface area contributed by atoms with Crippen molar-refractivity contribution >= 4 is 22.4 Å². The molecule has 0 spiro atoms. The summed E-state index contributed by atoms with van der Waals surface area (Å²) in [5.74, 6) is -0.531. The molecular formula is C14H13F3N2O2S. The largest absolute Gasteiger partial charge is 0.434 e. The molecule has 0 fully saturated rings. The third kappa shape index (κ3) is 5.12. The first-order chi connectivity index (χ1) is 10.4. The number of nitrogens with one attached hydrogen (secondary N) is 1. The lowest BCUT2D eigenvalue weighted by Crippen LogP contribution is -2.19. The van der Waals surface area contributed by atoms with Crippen molar-refractivity contribution in [3.63, 3.8) is 0 Å². The molecule has 118 valence electrons. The molecule has 8 heteroatoms. The molecule has 1 amide bonds. The van der Waals surface area contributed by atoms with Gasteiger partial charge in [-0.1, -0.05) is 30.3 Å². The standard InChI is InChI=1S/C14H13F3N2O2S/c15-14(16,17)11-9-22-13(18-11)19-12(20)8-21-7-6-10-4-2-1-3-5-10/h1-5,9H,6-8H2,(H,18,19,20). The van der Waals surface area contributed by atoms with Gasteiger partial charge in [-0.2, -0.15) is 13.2 Å². The maximum absolute atomic E-state index is 12.4. The Kier molecular flexibility index (Phi) is 5.51. The van der Waals surface area contributed by atoms with E-state index >= 15 is 0 Å². The van der Waals surface area contributed by atoms with Crippen molar-refractivity contribution in [2.45, 2.75) is 12.6 Å². The molecule has 0 atom stereocenters. The highest BCUT2D eigenvalue weighted by Crippen LogP contribution is 2.31. The molecule has 0 bridgehead atoms. The summed E-state index contributed by atoms with van der Waals surface area (Å²) in [6.07, 6.45) is -3.85. The number of hydrogen-bond donors (Lipinski definition) is 1. The van der Waals surface area contributed by atoms with Gasteiger partial charge in [0.2, 0.25) is 0 Å². The molecule has 0 unspecified atom stereocenters. The minimum Gasteiger partial charge on any atom is -0.371 e. The highest BCUT2D eigenvalue weighted by molar-refractivity contribution is 7.13. The van der Waals surface area contributed by atoms with Crippen molar-refractivity contribution in [1.29, 1.82) is 0 Å². The first-order valence-electron chi connectivity index (χ1n) is 6.39. The Balaban J connectivity index is 1.71. The van der Waals surface area contributed by atoms with E-state index in [0.717, 1.165) is 22.3 Å². The number of anilines is 1. The van der Waals surface area contributed by atoms with Crippen molar-refractivity contribution in [3.8, 4) is 0 Å². The summed E-state index contributed by atoms with van der Waals surface area (Å²) in [5, 5.41) is 3.04. The number of aromatic nitrogens is 1. The minimum atomic E-state index is -4.51. The van der Waals surface area contributed by atoms with E-state index in [1.54, 1.807) is 0 Å². The fourth-order valence-corrected chi connectivity index (χ4v) is 2.35. The number of carbonyl (C=O) groups is 1. The van der Waals surface area contributed by atoms with E-state index in [-0.39, 0.29) is 11.7 Å². The molecule has 1 N–H and O–H groups in total. The average molecular weight is 330 g/mol. The van der Waals surface area contributed by atoms with Gasteiger partial charge in [-0.15, -0.1) is 11.3 Å². The van der Waals surface area contributed by atoms with Gasteiger partial charge in [-0.05, 0) is 12.0 Å². The number of hydrogen-bond acceptors (Lipinski definition) is 4. The predicted octanol–water partition coefficient (Wildman–Crippen LogP) is 3.36. The van der Waals surface area contributed by atoms with Crippen LogP contribution in [0.5, 0.6) is 0 Å². The SMILES string of the molecule is O=C(COCCc1ccccc1)Nc1nc(C(F)(F)F)cs1. The number of rotatable bonds is 6. The molecule has 0 radical (unpaired) electrons. The van der Waals surface area contributed by atoms with E-state index in [1.165, 1.54) is 0 Å². The lowest BCUT2D eigenvalue weighted by atomic mass is 10.2. The molecule has 2 aromatic rings. The van der Waals surface area contributed by atoms with Gasteiger partial charge in [0, 0.05) is 5.38 Å². The molecule has 1 aromatic heterocycles. The topological polar surface area (TPSA) is 51.2 Å². The van der Waals surface area contributed by atoms with E-state index in [0.29, 0.717) is 13.0 Å². The molecule has 0 saturated carbocycles. The van der Waals surface area contributed by atoms with Crippen LogP contribution < -0.4 is 5.32 Å². The third-order valence-electron chi connectivity index (χ3n) is 2.65. The van der Waals surface area contributed by atoms with E-state index < -0.39 is 17.8 Å². The number of carbonyl (C=O) groups excluding carboxylic acids is 1. The zero-order valence-electron chi connectivity index (χ0n) is 11.4. The summed E-state index contributed by atoms with van der Waals surface area (Å²) in [6.45, 7) is 0.122. The fourth-order valence-electron chi connectivity index (χ4n) is 1.62. The van der Waals surface area contributed by atoms with Gasteiger partial charge in [-0.25, -0.2) is 4.98 Å². The Hall–Kier alpha value is -1.93. The lowest BCUT2D eigenvalue weighted by molar-refractivity contribution is -0.140. The quantitative estimate of drug-likeness (QED) is 0.826. The number of ether oxygens (including phenoxy) is 1. The zero-order chi connectivity index (χ0) is 16.0. The molecule has 22 heavy (non-hydrogen) atoms. The maximum Gasteiger partial charge on any atom is 0.434 e. The summed E-state index contributed by atoms with van der Waals surface area (Å²) in [6, 6.07) is 9.60. The number of thiazole rings is 1. The number of nitrogens with zero attached hydrogens (tertiary/aromatic N) is 1. The fraction of sp³-hybridized carbons (Fsp3) is 0.286. The average Bonchev–Trinajstić information content (AvgIpc) is 2.93. The smallest absolute Gasteiger partial charge is 0.371 e. The van der Waals surface area contributed by atoms with E-state index in [4.69, 9.17) is 4.74 Å². The van der Waals surface area contributed by atoms with Gasteiger partial charge in [0.15, 0.2) is 10.8 Å². The molecule has 1 aromatic carbocycles. The Bertz CT molecular complexity index is 614. The summed E-state index contributed by atoms with van der Waals surface area (Å²) in [7, 11) is 0. The van der Waals surface area contributed by atoms with Crippen molar-refractivity contribution in [3.05, 3.63) is 47.0 Å². The second kappa shape index (κ2) is 7.37. The summed E-state index contributed by atoms with van der Waals surface area (Å²) >= 11 is 0.722. The van der Waals surface area contributed by atoms with Crippen molar-refractivity contribution in [1.82, 2.24) is 4.98 Å². The van der Waals surface area contributed by atoms with E-state index in [2.05, 4.69) is 10.3 Å². The first kappa shape index (κ1) is 16.4. The molecule has 4 nitrogen and oxygen atoms in total. The van der Waals surface area contributed by atoms with Crippen LogP contribution in [0.3, 0.4) is 0 Å². The number of halogens is 3. The Labute approximate surface area is 128 Å². The second-order valence-electron chi connectivity index (χ2n) is 4.37. The van der Waals surface area contributed by atoms with Crippen molar-refractivity contribution < 1.29 is 22.7 Å². The van der Waals surface area contributed by atoms with Gasteiger partial charge in [0.25, 0.3) is 5.91 Å². The highest BCUT2D eigenvalue weighted by atomic mass is 32.1. The van der Waals surface area contributed by atoms with Crippen LogP contribution in [0.1, 0.15) is 11.3 Å². The van der Waals surface area contributed by atoms with Crippen LogP contribution in [0.15, 0.2) is 35.7 Å². The summed E-state index contributed by atoms with van der Waals surface area (Å²) < 4.78 is 42.3. The van der Waals surface area contributed by atoms with Gasteiger partial charge < -0.3 is 4.74 Å². The van der Waals surface area contributed by atoms with Crippen LogP contribution in [0.2, 0.25) is 0 Å². The molecule has 0 aliphatic heterocycles. The third-order valence-corrected chi connectivity index (χ3v) is 3.41. The van der Waals surface area contributed by atoms with Crippen LogP contribution >= 0.6 is 11.3 Å². The predicted molar refractivity (Wildman–Crippen MR) is 76.7 cm³/mol. The van der Waals surface area contributed by atoms with Gasteiger partial charge >= 0.3 is 6.18 Å². The van der Waals surface area contributed by atoms with E-state index in [1.807, 2.05) is 30.3 Å². The first-order valence-corrected chi connectivity index (χ1v) is 7.27. The van der Waals surface area contributed by atoms with Gasteiger partial charge in [-0.3, -0.25) is 10.1 Å². The lowest BCUT2D eigenvalue weighted by Gasteiger charge is -2.04. The van der Waals surface area contributed by atoms with Crippen molar-refractivity contribution in [2.24, 2.45) is 0 Å². The molecular weight excluding hydrogens is 317 g/mol. The number of amides is 1. The van der Waals surface area contributed by atoms with E-state index in [9.17, 15) is 18.0 Å². The molecule has 1 heterocycles. The van der Waals surface area contributed by atoms with Crippen LogP contribution in [-0.4, -0.2) is 24.1 Å². The summed E-state index contributed by atoms with van der Waals surface area (Å²) in [4.78, 5) is 14.8. The van der Waals surface area contributed by atoms with Gasteiger partial charge in [0.1, 0.15) is 6.61 Å². The minimum absolute atomic E-state index is 0.0935. The van der Waals surface area contributed by atoms with Crippen LogP contribution in [-0.2, 0) is 22.1 Å². The Morgan fingerprint density at radius 3 is 2.64 bits per heavy atom. The maximum atomic E-state index is 12.4. The normalized spacial score (nSPS) is 11.4. The number of benzene rings is 1. The zero-order valence-corrected chi connectivity index (χ0v) is 12.2. The highest BCUT2D eigenvalue weighted by Gasteiger charge is 2.33. The van der Waals surface area contributed by atoms with Crippen LogP contribution in [0, 0.1) is 0 Å². The molecule has 0 aliphatic rings. The van der Waals surface area contributed by atoms with Crippen molar-refractivity contribution in [2.75, 3.05) is 18.5 Å². The molecule has 2 rings (SSSR count). The molecule has 0 aliphatic carbocycles. The van der Waals surface area contributed by atoms with Gasteiger partial charge in [0.05, 0.1) is 6.61 Å². The molecule has 0 saturated heterocycles. The van der Waals surface area contributed by atoms with Crippen LogP contribution in [0.25, 0.3) is 0 Å². The number of alkyl halides is 3.